The lowest BCUT2D eigenvalue weighted by Crippen LogP contribution is -2.26. The van der Waals surface area contributed by atoms with Crippen molar-refractivity contribution in [3.8, 4) is 0 Å². The lowest BCUT2D eigenvalue weighted by molar-refractivity contribution is 0.000414. The zero-order valence-electron chi connectivity index (χ0n) is 9.68. The van der Waals surface area contributed by atoms with Crippen LogP contribution in [0.15, 0.2) is 0 Å². The van der Waals surface area contributed by atoms with Crippen molar-refractivity contribution >= 4 is 0 Å². The molecule has 1 atom stereocenters. The number of hydrogen-bond donors (Lipinski definition) is 1. The van der Waals surface area contributed by atoms with Crippen LogP contribution in [-0.2, 0) is 4.74 Å². The molecule has 2 heteroatoms. The fourth-order valence-corrected chi connectivity index (χ4v) is 1.17. The maximum absolute atomic E-state index is 9.75. The van der Waals surface area contributed by atoms with Gasteiger partial charge in [-0.05, 0) is 46.5 Å². The van der Waals surface area contributed by atoms with Crippen molar-refractivity contribution in [2.45, 2.75) is 64.6 Å². The van der Waals surface area contributed by atoms with E-state index in [4.69, 9.17) is 4.74 Å². The number of aliphatic hydroxyl groups is 1. The van der Waals surface area contributed by atoms with Crippen molar-refractivity contribution in [2.24, 2.45) is 0 Å². The Morgan fingerprint density at radius 3 is 2.08 bits per heavy atom. The minimum absolute atomic E-state index is 0.0518. The van der Waals surface area contributed by atoms with Crippen molar-refractivity contribution in [3.63, 3.8) is 0 Å². The molecule has 0 rings (SSSR count). The monoisotopic (exact) mass is 188 g/mol. The van der Waals surface area contributed by atoms with Crippen molar-refractivity contribution in [3.05, 3.63) is 0 Å². The molecule has 0 aliphatic heterocycles. The van der Waals surface area contributed by atoms with Crippen LogP contribution in [0, 0.1) is 0 Å². The molecule has 0 amide bonds. The molecule has 2 nitrogen and oxygen atoms in total. The van der Waals surface area contributed by atoms with Crippen molar-refractivity contribution in [1.29, 1.82) is 0 Å². The zero-order valence-corrected chi connectivity index (χ0v) is 9.68. The highest BCUT2D eigenvalue weighted by Crippen LogP contribution is 2.22. The third-order valence-corrected chi connectivity index (χ3v) is 2.81. The molecule has 0 radical (unpaired) electrons. The van der Waals surface area contributed by atoms with E-state index in [1.54, 1.807) is 7.11 Å². The number of ether oxygens (including phenoxy) is 1. The summed E-state index contributed by atoms with van der Waals surface area (Å²) in [5.41, 5.74) is -0.548. The fraction of sp³-hybridized carbons (Fsp3) is 1.00. The molecule has 0 bridgehead atoms. The molecule has 0 aromatic carbocycles. The van der Waals surface area contributed by atoms with E-state index in [0.29, 0.717) is 0 Å². The molecule has 0 aromatic rings. The van der Waals surface area contributed by atoms with Gasteiger partial charge < -0.3 is 9.84 Å². The normalized spacial score (nSPS) is 17.1. The van der Waals surface area contributed by atoms with Gasteiger partial charge in [0, 0.05) is 7.11 Å². The first-order valence-corrected chi connectivity index (χ1v) is 5.10. The van der Waals surface area contributed by atoms with E-state index in [2.05, 4.69) is 13.8 Å². The van der Waals surface area contributed by atoms with Gasteiger partial charge in [-0.2, -0.15) is 0 Å². The van der Waals surface area contributed by atoms with Crippen LogP contribution in [0.5, 0.6) is 0 Å². The maximum atomic E-state index is 9.75. The van der Waals surface area contributed by atoms with Gasteiger partial charge in [-0.1, -0.05) is 6.92 Å². The highest BCUT2D eigenvalue weighted by atomic mass is 16.5. The second-order valence-electron chi connectivity index (χ2n) is 4.67. The molecule has 0 unspecified atom stereocenters. The highest BCUT2D eigenvalue weighted by molar-refractivity contribution is 4.74. The molecule has 0 heterocycles. The molecule has 0 aliphatic carbocycles. The van der Waals surface area contributed by atoms with Gasteiger partial charge in [-0.25, -0.2) is 0 Å². The van der Waals surface area contributed by atoms with Crippen LogP contribution < -0.4 is 0 Å². The van der Waals surface area contributed by atoms with Gasteiger partial charge in [0.1, 0.15) is 0 Å². The van der Waals surface area contributed by atoms with E-state index in [9.17, 15) is 5.11 Å². The molecular weight excluding hydrogens is 164 g/mol. The highest BCUT2D eigenvalue weighted by Gasteiger charge is 2.20. The van der Waals surface area contributed by atoms with E-state index in [-0.39, 0.29) is 5.60 Å². The molecule has 0 aliphatic rings. The molecule has 0 spiro atoms. The van der Waals surface area contributed by atoms with Gasteiger partial charge in [0.15, 0.2) is 0 Å². The Morgan fingerprint density at radius 2 is 1.69 bits per heavy atom. The second-order valence-corrected chi connectivity index (χ2v) is 4.67. The Labute approximate surface area is 82.3 Å². The minimum Gasteiger partial charge on any atom is -0.390 e. The van der Waals surface area contributed by atoms with Gasteiger partial charge in [0.25, 0.3) is 0 Å². The van der Waals surface area contributed by atoms with E-state index in [1.807, 2.05) is 13.8 Å². The number of rotatable bonds is 6. The third-order valence-electron chi connectivity index (χ3n) is 2.81. The molecule has 0 saturated carbocycles. The number of methoxy groups -OCH3 is 1. The first kappa shape index (κ1) is 12.9. The summed E-state index contributed by atoms with van der Waals surface area (Å²) in [6.07, 6.45) is 3.69. The second kappa shape index (κ2) is 4.97. The van der Waals surface area contributed by atoms with Crippen LogP contribution in [0.25, 0.3) is 0 Å². The lowest BCUT2D eigenvalue weighted by Gasteiger charge is -2.26. The van der Waals surface area contributed by atoms with Crippen molar-refractivity contribution in [1.82, 2.24) is 0 Å². The van der Waals surface area contributed by atoms with Gasteiger partial charge in [0.05, 0.1) is 11.2 Å². The minimum atomic E-state index is -0.496. The molecule has 0 aromatic heterocycles. The molecular formula is C11H24O2. The Kier molecular flexibility index (Phi) is 4.93. The molecule has 1 N–H and O–H groups in total. The van der Waals surface area contributed by atoms with E-state index < -0.39 is 5.60 Å². The van der Waals surface area contributed by atoms with Gasteiger partial charge >= 0.3 is 0 Å². The maximum Gasteiger partial charge on any atom is 0.0622 e. The third kappa shape index (κ3) is 6.05. The summed E-state index contributed by atoms with van der Waals surface area (Å²) in [5, 5.41) is 9.75. The van der Waals surface area contributed by atoms with Crippen LogP contribution in [-0.4, -0.2) is 23.4 Å². The SMILES string of the molecule is CC[C@](C)(O)CCCC(C)(C)OC. The molecule has 80 valence electrons. The van der Waals surface area contributed by atoms with E-state index in [1.165, 1.54) is 0 Å². The van der Waals surface area contributed by atoms with E-state index in [0.717, 1.165) is 25.7 Å². The summed E-state index contributed by atoms with van der Waals surface area (Å²) in [6, 6.07) is 0. The predicted molar refractivity (Wildman–Crippen MR) is 55.9 cm³/mol. The summed E-state index contributed by atoms with van der Waals surface area (Å²) in [6.45, 7) is 8.07. The zero-order chi connectivity index (χ0) is 10.5. The molecule has 13 heavy (non-hydrogen) atoms. The lowest BCUT2D eigenvalue weighted by atomic mass is 9.92. The summed E-state index contributed by atoms with van der Waals surface area (Å²) >= 11 is 0. The largest absolute Gasteiger partial charge is 0.390 e. The Morgan fingerprint density at radius 1 is 1.15 bits per heavy atom. The smallest absolute Gasteiger partial charge is 0.0622 e. The summed E-state index contributed by atoms with van der Waals surface area (Å²) in [5.74, 6) is 0. The van der Waals surface area contributed by atoms with Crippen LogP contribution in [0.1, 0.15) is 53.4 Å². The first-order valence-electron chi connectivity index (χ1n) is 5.10. The summed E-state index contributed by atoms with van der Waals surface area (Å²) in [7, 11) is 1.73. The van der Waals surface area contributed by atoms with Gasteiger partial charge in [0.2, 0.25) is 0 Å². The van der Waals surface area contributed by atoms with Crippen molar-refractivity contribution < 1.29 is 9.84 Å². The average Bonchev–Trinajstić information content (AvgIpc) is 2.04. The van der Waals surface area contributed by atoms with Gasteiger partial charge in [-0.3, -0.25) is 0 Å². The Bertz CT molecular complexity index is 123. The van der Waals surface area contributed by atoms with Crippen LogP contribution in [0.4, 0.5) is 0 Å². The standard InChI is InChI=1S/C11H24O2/c1-6-11(4,12)9-7-8-10(2,3)13-5/h12H,6-9H2,1-5H3/t11-/m0/s1. The first-order chi connectivity index (χ1) is 5.83. The molecule has 0 fully saturated rings. The Balaban J connectivity index is 3.68. The predicted octanol–water partition coefficient (Wildman–Crippen LogP) is 2.74. The van der Waals surface area contributed by atoms with Gasteiger partial charge in [-0.15, -0.1) is 0 Å². The fourth-order valence-electron chi connectivity index (χ4n) is 1.17. The Hall–Kier alpha value is -0.0800. The quantitative estimate of drug-likeness (QED) is 0.694. The average molecular weight is 188 g/mol. The van der Waals surface area contributed by atoms with Crippen LogP contribution in [0.3, 0.4) is 0 Å². The summed E-state index contributed by atoms with van der Waals surface area (Å²) < 4.78 is 5.30. The summed E-state index contributed by atoms with van der Waals surface area (Å²) in [4.78, 5) is 0. The topological polar surface area (TPSA) is 29.5 Å². The molecule has 0 saturated heterocycles. The number of hydrogen-bond acceptors (Lipinski definition) is 2. The van der Waals surface area contributed by atoms with E-state index >= 15 is 0 Å². The van der Waals surface area contributed by atoms with Crippen LogP contribution in [0.2, 0.25) is 0 Å². The van der Waals surface area contributed by atoms with Crippen molar-refractivity contribution in [2.75, 3.05) is 7.11 Å². The van der Waals surface area contributed by atoms with Crippen LogP contribution >= 0.6 is 0 Å².